The molecule has 0 atom stereocenters. The Bertz CT molecular complexity index is 1290. The van der Waals surface area contributed by atoms with Gasteiger partial charge in [-0.25, -0.2) is 0 Å². The number of halogens is 2. The van der Waals surface area contributed by atoms with E-state index in [-0.39, 0.29) is 16.7 Å². The van der Waals surface area contributed by atoms with Crippen molar-refractivity contribution in [3.8, 4) is 5.75 Å². The van der Waals surface area contributed by atoms with Crippen LogP contribution in [0.25, 0.3) is 10.9 Å². The maximum Gasteiger partial charge on any atom is 0.264 e. The Balaban J connectivity index is 1.67. The van der Waals surface area contributed by atoms with Crippen molar-refractivity contribution in [2.45, 2.75) is 20.3 Å². The minimum absolute atomic E-state index is 0.205. The summed E-state index contributed by atoms with van der Waals surface area (Å²) in [7, 11) is 0. The van der Waals surface area contributed by atoms with Gasteiger partial charge in [-0.05, 0) is 55.7 Å². The number of carbonyl (C=O) groups excluding carboxylic acids is 1. The Morgan fingerprint density at radius 3 is 2.58 bits per heavy atom. The van der Waals surface area contributed by atoms with Crippen LogP contribution in [-0.4, -0.2) is 22.1 Å². The second kappa shape index (κ2) is 8.66. The van der Waals surface area contributed by atoms with Gasteiger partial charge >= 0.3 is 0 Å². The molecule has 4 aromatic rings. The molecule has 0 unspecified atom stereocenters. The lowest BCUT2D eigenvalue weighted by molar-refractivity contribution is 0.0963. The van der Waals surface area contributed by atoms with Gasteiger partial charge < -0.3 is 10.4 Å². The van der Waals surface area contributed by atoms with E-state index >= 15 is 0 Å². The van der Waals surface area contributed by atoms with E-state index in [0.717, 1.165) is 33.4 Å². The molecule has 1 heterocycles. The van der Waals surface area contributed by atoms with Crippen LogP contribution in [0.1, 0.15) is 27.2 Å². The number of aryl methyl sites for hydroxylation is 1. The van der Waals surface area contributed by atoms with Crippen molar-refractivity contribution >= 4 is 45.7 Å². The van der Waals surface area contributed by atoms with Crippen LogP contribution in [0.3, 0.4) is 0 Å². The number of hydrogen-bond acceptors (Lipinski definition) is 3. The number of rotatable bonds is 5. The van der Waals surface area contributed by atoms with Crippen molar-refractivity contribution in [1.29, 1.82) is 0 Å². The number of phenolic OH excluding ortho intramolecular Hbond substituents is 1. The van der Waals surface area contributed by atoms with Gasteiger partial charge in [-0.3, -0.25) is 9.36 Å². The molecule has 0 aliphatic rings. The third kappa shape index (κ3) is 4.01. The van der Waals surface area contributed by atoms with Crippen LogP contribution in [-0.2, 0) is 6.42 Å². The monoisotopic (exact) mass is 452 g/mol. The molecular formula is C25H22Cl2N2O2. The number of benzene rings is 3. The molecule has 0 aliphatic heterocycles. The summed E-state index contributed by atoms with van der Waals surface area (Å²) >= 11 is 12.5. The molecule has 0 spiro atoms. The van der Waals surface area contributed by atoms with E-state index in [2.05, 4.69) is 5.32 Å². The zero-order valence-electron chi connectivity index (χ0n) is 17.2. The molecule has 31 heavy (non-hydrogen) atoms. The molecule has 3 aromatic carbocycles. The highest BCUT2D eigenvalue weighted by Gasteiger charge is 2.21. The van der Waals surface area contributed by atoms with Crippen molar-refractivity contribution in [3.63, 3.8) is 0 Å². The van der Waals surface area contributed by atoms with Gasteiger partial charge in [0.05, 0.1) is 21.1 Å². The number of hydrogen-bond donors (Lipinski definition) is 2. The molecule has 0 bridgehead atoms. The van der Waals surface area contributed by atoms with Crippen LogP contribution >= 0.6 is 23.2 Å². The van der Waals surface area contributed by atoms with Crippen LogP contribution in [0.4, 0.5) is 5.69 Å². The highest BCUT2D eigenvalue weighted by Crippen LogP contribution is 2.31. The largest absolute Gasteiger partial charge is 0.508 e. The fraction of sp³-hybridized carbons (Fsp3) is 0.160. The van der Waals surface area contributed by atoms with Gasteiger partial charge in [0.2, 0.25) is 0 Å². The first-order valence-electron chi connectivity index (χ1n) is 9.99. The molecule has 158 valence electrons. The van der Waals surface area contributed by atoms with Crippen LogP contribution < -0.4 is 5.32 Å². The van der Waals surface area contributed by atoms with Crippen LogP contribution in [0.2, 0.25) is 10.0 Å². The molecule has 0 amide bonds. The summed E-state index contributed by atoms with van der Waals surface area (Å²) in [6.45, 7) is 4.47. The SMILES string of the molecule is Cc1ccc(NCCc2c(C)n(C(=O)c3cccc(Cl)c3Cl)c3ccccc23)cc1O. The van der Waals surface area contributed by atoms with Gasteiger partial charge in [-0.1, -0.05) is 53.5 Å². The minimum atomic E-state index is -0.205. The average molecular weight is 453 g/mol. The quantitative estimate of drug-likeness (QED) is 0.357. The fourth-order valence-corrected chi connectivity index (χ4v) is 4.23. The zero-order valence-corrected chi connectivity index (χ0v) is 18.8. The lowest BCUT2D eigenvalue weighted by atomic mass is 10.1. The number of fused-ring (bicyclic) bond motifs is 1. The van der Waals surface area contributed by atoms with Crippen molar-refractivity contribution in [3.05, 3.63) is 93.1 Å². The highest BCUT2D eigenvalue weighted by molar-refractivity contribution is 6.44. The fourth-order valence-electron chi connectivity index (χ4n) is 3.85. The summed E-state index contributed by atoms with van der Waals surface area (Å²) in [5.74, 6) is 0.0608. The second-order valence-electron chi connectivity index (χ2n) is 7.50. The van der Waals surface area contributed by atoms with Gasteiger partial charge in [0.15, 0.2) is 0 Å². The lowest BCUT2D eigenvalue weighted by Gasteiger charge is -2.10. The van der Waals surface area contributed by atoms with Crippen molar-refractivity contribution in [2.75, 3.05) is 11.9 Å². The van der Waals surface area contributed by atoms with Gasteiger partial charge in [-0.2, -0.15) is 0 Å². The summed E-state index contributed by atoms with van der Waals surface area (Å²) < 4.78 is 1.71. The van der Waals surface area contributed by atoms with Gasteiger partial charge in [0, 0.05) is 29.4 Å². The molecule has 0 radical (unpaired) electrons. The van der Waals surface area contributed by atoms with E-state index in [1.165, 1.54) is 0 Å². The first-order valence-corrected chi connectivity index (χ1v) is 10.7. The van der Waals surface area contributed by atoms with Gasteiger partial charge in [-0.15, -0.1) is 0 Å². The van der Waals surface area contributed by atoms with Crippen LogP contribution in [0.5, 0.6) is 5.75 Å². The van der Waals surface area contributed by atoms with E-state index in [0.29, 0.717) is 23.6 Å². The number of nitrogens with zero attached hydrogens (tertiary/aromatic N) is 1. The maximum atomic E-state index is 13.4. The van der Waals surface area contributed by atoms with Gasteiger partial charge in [0.25, 0.3) is 5.91 Å². The van der Waals surface area contributed by atoms with E-state index in [1.54, 1.807) is 28.8 Å². The van der Waals surface area contributed by atoms with Crippen molar-refractivity contribution in [1.82, 2.24) is 4.57 Å². The third-order valence-corrected chi connectivity index (χ3v) is 6.36. The number of aromatic hydroxyl groups is 1. The zero-order chi connectivity index (χ0) is 22.1. The molecule has 1 aromatic heterocycles. The van der Waals surface area contributed by atoms with E-state index in [9.17, 15) is 9.90 Å². The topological polar surface area (TPSA) is 54.3 Å². The number of phenols is 1. The number of anilines is 1. The summed E-state index contributed by atoms with van der Waals surface area (Å²) in [6.07, 6.45) is 0.713. The molecule has 4 rings (SSSR count). The van der Waals surface area contributed by atoms with Gasteiger partial charge in [0.1, 0.15) is 5.75 Å². The predicted molar refractivity (Wildman–Crippen MR) is 128 cm³/mol. The molecule has 0 fully saturated rings. The molecule has 6 heteroatoms. The molecule has 4 nitrogen and oxygen atoms in total. The predicted octanol–water partition coefficient (Wildman–Crippen LogP) is 6.61. The summed E-state index contributed by atoms with van der Waals surface area (Å²) in [6, 6.07) is 18.5. The Morgan fingerprint density at radius 1 is 1.03 bits per heavy atom. The first-order chi connectivity index (χ1) is 14.9. The molecule has 2 N–H and O–H groups in total. The number of aromatic nitrogens is 1. The molecule has 0 aliphatic carbocycles. The van der Waals surface area contributed by atoms with E-state index in [4.69, 9.17) is 23.2 Å². The summed E-state index contributed by atoms with van der Waals surface area (Å²) in [4.78, 5) is 13.4. The summed E-state index contributed by atoms with van der Waals surface area (Å²) in [5.41, 5.74) is 4.86. The Kier molecular flexibility index (Phi) is 5.94. The number of para-hydroxylation sites is 1. The molecule has 0 saturated heterocycles. The smallest absolute Gasteiger partial charge is 0.264 e. The summed E-state index contributed by atoms with van der Waals surface area (Å²) in [5, 5.41) is 14.9. The first kappa shape index (κ1) is 21.3. The average Bonchev–Trinajstić information content (AvgIpc) is 3.04. The lowest BCUT2D eigenvalue weighted by Crippen LogP contribution is -2.15. The number of nitrogens with one attached hydrogen (secondary N) is 1. The van der Waals surface area contributed by atoms with Crippen LogP contribution in [0.15, 0.2) is 60.7 Å². The number of carbonyl (C=O) groups is 1. The Hall–Kier alpha value is -2.95. The second-order valence-corrected chi connectivity index (χ2v) is 8.29. The molecule has 0 saturated carbocycles. The van der Waals surface area contributed by atoms with E-state index in [1.807, 2.05) is 50.2 Å². The standard InChI is InChI=1S/C25H22Cl2N2O2/c1-15-10-11-17(14-23(15)30)28-13-12-18-16(2)29(22-9-4-3-6-19(18)22)25(31)20-7-5-8-21(26)24(20)27/h3-11,14,28,30H,12-13H2,1-2H3. The van der Waals surface area contributed by atoms with Crippen molar-refractivity contribution < 1.29 is 9.90 Å². The molecular weight excluding hydrogens is 431 g/mol. The Morgan fingerprint density at radius 2 is 1.81 bits per heavy atom. The Labute approximate surface area is 191 Å². The third-order valence-electron chi connectivity index (χ3n) is 5.54. The minimum Gasteiger partial charge on any atom is -0.508 e. The highest BCUT2D eigenvalue weighted by atomic mass is 35.5. The maximum absolute atomic E-state index is 13.4. The van der Waals surface area contributed by atoms with E-state index < -0.39 is 0 Å². The van der Waals surface area contributed by atoms with Crippen molar-refractivity contribution in [2.24, 2.45) is 0 Å². The van der Waals surface area contributed by atoms with Crippen LogP contribution in [0, 0.1) is 13.8 Å². The normalized spacial score (nSPS) is 11.1.